The van der Waals surface area contributed by atoms with Gasteiger partial charge >= 0.3 is 0 Å². The third-order valence-corrected chi connectivity index (χ3v) is 10.6. The molecule has 0 unspecified atom stereocenters. The Balaban J connectivity index is 1.28. The molecule has 9 rings (SSSR count). The number of nitrogens with zero attached hydrogens (tertiary/aromatic N) is 3. The van der Waals surface area contributed by atoms with E-state index < -0.39 is 0 Å². The summed E-state index contributed by atoms with van der Waals surface area (Å²) < 4.78 is 6.41. The molecule has 0 spiro atoms. The van der Waals surface area contributed by atoms with Gasteiger partial charge in [-0.1, -0.05) is 103 Å². The van der Waals surface area contributed by atoms with Crippen LogP contribution in [0.3, 0.4) is 0 Å². The average molecular weight is 586 g/mol. The molecule has 5 aromatic carbocycles. The predicted molar refractivity (Wildman–Crippen MR) is 183 cm³/mol. The summed E-state index contributed by atoms with van der Waals surface area (Å²) in [6, 6.07) is 49.0. The van der Waals surface area contributed by atoms with E-state index in [1.165, 1.54) is 46.3 Å². The highest BCUT2D eigenvalue weighted by Crippen LogP contribution is 2.49. The molecule has 0 amide bonds. The van der Waals surface area contributed by atoms with E-state index in [0.29, 0.717) is 0 Å². The molecule has 0 saturated heterocycles. The van der Waals surface area contributed by atoms with Gasteiger partial charge < -0.3 is 4.57 Å². The molecule has 0 aliphatic rings. The molecular formula is C38H23N3S2. The first-order valence-electron chi connectivity index (χ1n) is 14.3. The summed E-state index contributed by atoms with van der Waals surface area (Å²) in [7, 11) is 0. The lowest BCUT2D eigenvalue weighted by Crippen LogP contribution is -1.95. The van der Waals surface area contributed by atoms with Crippen molar-refractivity contribution in [3.05, 3.63) is 140 Å². The first-order chi connectivity index (χ1) is 21.3. The van der Waals surface area contributed by atoms with Gasteiger partial charge in [0.25, 0.3) is 0 Å². The Labute approximate surface area is 256 Å². The van der Waals surface area contributed by atoms with Gasteiger partial charge in [0.1, 0.15) is 4.83 Å². The van der Waals surface area contributed by atoms with Gasteiger partial charge in [0, 0.05) is 43.2 Å². The minimum atomic E-state index is 0.734. The molecule has 43 heavy (non-hydrogen) atoms. The summed E-state index contributed by atoms with van der Waals surface area (Å²) in [4.78, 5) is 11.4. The van der Waals surface area contributed by atoms with Crippen LogP contribution in [0.5, 0.6) is 0 Å². The third-order valence-electron chi connectivity index (χ3n) is 8.04. The molecule has 5 heteroatoms. The van der Waals surface area contributed by atoms with Crippen LogP contribution in [0.2, 0.25) is 0 Å². The van der Waals surface area contributed by atoms with Crippen LogP contribution >= 0.6 is 22.7 Å². The number of hydrogen-bond acceptors (Lipinski definition) is 4. The molecule has 4 aromatic heterocycles. The normalized spacial score (nSPS) is 11.7. The first-order valence-corrected chi connectivity index (χ1v) is 15.9. The standard InChI is InChI=1S/C38H23N3S2/c1-4-12-24(13-5-1)30-23-31(40-37(39-30)25-14-6-2-7-15-25)26-20-21-33-29(22-26)35-36(42-33)34-28-18-10-11-19-32(28)41(38(34)43-35)27-16-8-3-9-17-27/h1-23H. The fourth-order valence-electron chi connectivity index (χ4n) is 6.03. The zero-order valence-corrected chi connectivity index (χ0v) is 24.6. The number of thiophene rings is 2. The van der Waals surface area contributed by atoms with Gasteiger partial charge in [-0.05, 0) is 36.4 Å². The Kier molecular flexibility index (Phi) is 5.54. The highest BCUT2D eigenvalue weighted by atomic mass is 32.1. The molecule has 4 heterocycles. The molecular weight excluding hydrogens is 563 g/mol. The monoisotopic (exact) mass is 585 g/mol. The zero-order valence-electron chi connectivity index (χ0n) is 22.9. The molecule has 0 saturated carbocycles. The fraction of sp³-hybridized carbons (Fsp3) is 0. The Bertz CT molecular complexity index is 2380. The van der Waals surface area contributed by atoms with Gasteiger partial charge in [-0.15, -0.1) is 22.7 Å². The van der Waals surface area contributed by atoms with Crippen molar-refractivity contribution in [2.45, 2.75) is 0 Å². The lowest BCUT2D eigenvalue weighted by atomic mass is 10.1. The van der Waals surface area contributed by atoms with E-state index in [4.69, 9.17) is 9.97 Å². The molecule has 0 radical (unpaired) electrons. The third kappa shape index (κ3) is 3.93. The highest BCUT2D eigenvalue weighted by molar-refractivity contribution is 7.36. The average Bonchev–Trinajstić information content (AvgIpc) is 3.72. The number of benzene rings is 5. The van der Waals surface area contributed by atoms with Crippen molar-refractivity contribution in [2.75, 3.05) is 0 Å². The first kappa shape index (κ1) is 24.5. The van der Waals surface area contributed by atoms with Crippen LogP contribution in [0, 0.1) is 0 Å². The van der Waals surface area contributed by atoms with Crippen LogP contribution in [0.4, 0.5) is 0 Å². The lowest BCUT2D eigenvalue weighted by molar-refractivity contribution is 1.18. The quantitative estimate of drug-likeness (QED) is 0.206. The van der Waals surface area contributed by atoms with E-state index in [1.54, 1.807) is 0 Å². The van der Waals surface area contributed by atoms with Gasteiger partial charge in [0.05, 0.1) is 26.3 Å². The maximum Gasteiger partial charge on any atom is 0.160 e. The van der Waals surface area contributed by atoms with Crippen molar-refractivity contribution in [1.29, 1.82) is 0 Å². The van der Waals surface area contributed by atoms with Crippen LogP contribution in [-0.2, 0) is 0 Å². The number of para-hydroxylation sites is 2. The minimum Gasteiger partial charge on any atom is -0.301 e. The van der Waals surface area contributed by atoms with Crippen molar-refractivity contribution >= 4 is 63.3 Å². The van der Waals surface area contributed by atoms with Crippen LogP contribution < -0.4 is 0 Å². The summed E-state index contributed by atoms with van der Waals surface area (Å²) in [6.45, 7) is 0. The summed E-state index contributed by atoms with van der Waals surface area (Å²) in [5, 5.41) is 3.93. The Morgan fingerprint density at radius 3 is 1.91 bits per heavy atom. The van der Waals surface area contributed by atoms with E-state index in [9.17, 15) is 0 Å². The smallest absolute Gasteiger partial charge is 0.160 e. The molecule has 0 aliphatic carbocycles. The summed E-state index contributed by atoms with van der Waals surface area (Å²) in [5.41, 5.74) is 7.47. The number of aromatic nitrogens is 3. The molecule has 0 fully saturated rings. The largest absolute Gasteiger partial charge is 0.301 e. The van der Waals surface area contributed by atoms with E-state index in [-0.39, 0.29) is 0 Å². The maximum absolute atomic E-state index is 5.09. The van der Waals surface area contributed by atoms with Gasteiger partial charge in [0.15, 0.2) is 5.82 Å². The Morgan fingerprint density at radius 1 is 0.488 bits per heavy atom. The van der Waals surface area contributed by atoms with Crippen molar-refractivity contribution in [3.63, 3.8) is 0 Å². The predicted octanol–water partition coefficient (Wildman–Crippen LogP) is 11.0. The second-order valence-electron chi connectivity index (χ2n) is 10.6. The molecule has 0 N–H and O–H groups in total. The topological polar surface area (TPSA) is 30.7 Å². The van der Waals surface area contributed by atoms with Gasteiger partial charge in [-0.2, -0.15) is 0 Å². The van der Waals surface area contributed by atoms with Crippen molar-refractivity contribution in [2.24, 2.45) is 0 Å². The zero-order chi connectivity index (χ0) is 28.3. The van der Waals surface area contributed by atoms with Crippen molar-refractivity contribution in [1.82, 2.24) is 14.5 Å². The lowest BCUT2D eigenvalue weighted by Gasteiger charge is -2.09. The van der Waals surface area contributed by atoms with Crippen LogP contribution in [0.1, 0.15) is 0 Å². The molecule has 3 nitrogen and oxygen atoms in total. The van der Waals surface area contributed by atoms with Gasteiger partial charge in [-0.3, -0.25) is 0 Å². The van der Waals surface area contributed by atoms with Crippen LogP contribution in [-0.4, -0.2) is 14.5 Å². The van der Waals surface area contributed by atoms with Gasteiger partial charge in [-0.25, -0.2) is 9.97 Å². The number of rotatable bonds is 4. The van der Waals surface area contributed by atoms with E-state index in [1.807, 2.05) is 46.9 Å². The SMILES string of the molecule is c1ccc(-c2cc(-c3ccc4sc5c(sc6c5c5ccccc5n6-c5ccccc5)c4c3)nc(-c3ccccc3)n2)cc1. The molecule has 9 aromatic rings. The maximum atomic E-state index is 5.09. The Hall–Kier alpha value is -5.10. The summed E-state index contributed by atoms with van der Waals surface area (Å²) in [6.07, 6.45) is 0. The molecule has 0 bridgehead atoms. The Morgan fingerprint density at radius 2 is 1.14 bits per heavy atom. The van der Waals surface area contributed by atoms with E-state index >= 15 is 0 Å². The fourth-order valence-corrected chi connectivity index (χ4v) is 8.82. The van der Waals surface area contributed by atoms with E-state index in [2.05, 4.69) is 120 Å². The highest BCUT2D eigenvalue weighted by Gasteiger charge is 2.21. The van der Waals surface area contributed by atoms with E-state index in [0.717, 1.165) is 33.9 Å². The second kappa shape index (κ2) is 9.73. The summed E-state index contributed by atoms with van der Waals surface area (Å²) >= 11 is 3.78. The number of fused-ring (bicyclic) bond motifs is 7. The number of hydrogen-bond donors (Lipinski definition) is 0. The van der Waals surface area contributed by atoms with Gasteiger partial charge in [0.2, 0.25) is 0 Å². The van der Waals surface area contributed by atoms with Crippen molar-refractivity contribution in [3.8, 4) is 39.6 Å². The molecule has 0 aliphatic heterocycles. The molecule has 0 atom stereocenters. The van der Waals surface area contributed by atoms with Crippen LogP contribution in [0.25, 0.3) is 80.2 Å². The molecule has 202 valence electrons. The van der Waals surface area contributed by atoms with Crippen LogP contribution in [0.15, 0.2) is 140 Å². The summed E-state index contributed by atoms with van der Waals surface area (Å²) in [5.74, 6) is 0.734. The van der Waals surface area contributed by atoms with Crippen molar-refractivity contribution < 1.29 is 0 Å². The minimum absolute atomic E-state index is 0.734. The second-order valence-corrected chi connectivity index (χ2v) is 12.7.